The van der Waals surface area contributed by atoms with Crippen LogP contribution in [0.2, 0.25) is 0 Å². The predicted molar refractivity (Wildman–Crippen MR) is 55.5 cm³/mol. The summed E-state index contributed by atoms with van der Waals surface area (Å²) in [5, 5.41) is 9.32. The lowest BCUT2D eigenvalue weighted by Gasteiger charge is -2.07. The van der Waals surface area contributed by atoms with Gasteiger partial charge in [-0.05, 0) is 36.7 Å². The molecule has 0 aliphatic heterocycles. The third-order valence-corrected chi connectivity index (χ3v) is 2.40. The van der Waals surface area contributed by atoms with Gasteiger partial charge in [0.05, 0.1) is 0 Å². The first-order valence-corrected chi connectivity index (χ1v) is 4.87. The van der Waals surface area contributed by atoms with Crippen molar-refractivity contribution in [2.75, 3.05) is 7.05 Å². The van der Waals surface area contributed by atoms with E-state index >= 15 is 0 Å². The van der Waals surface area contributed by atoms with E-state index in [2.05, 4.69) is 4.72 Å². The summed E-state index contributed by atoms with van der Waals surface area (Å²) >= 11 is 1.46. The number of rotatable bonds is 4. The molecule has 4 nitrogen and oxygen atoms in total. The van der Waals surface area contributed by atoms with Crippen molar-refractivity contribution in [1.29, 1.82) is 0 Å². The Labute approximate surface area is 86.6 Å². The molecular weight excluding hydrogens is 200 g/mol. The molecule has 0 fully saturated rings. The Morgan fingerprint density at radius 2 is 2.07 bits per heavy atom. The first-order chi connectivity index (χ1) is 6.65. The fourth-order valence-corrected chi connectivity index (χ4v) is 1.51. The first kappa shape index (κ1) is 11.0. The largest absolute Gasteiger partial charge is 0.378 e. The number of hydrogen-bond acceptors (Lipinski definition) is 4. The van der Waals surface area contributed by atoms with Crippen molar-refractivity contribution in [3.05, 3.63) is 29.8 Å². The van der Waals surface area contributed by atoms with Gasteiger partial charge in [-0.3, -0.25) is 9.52 Å². The Hall–Kier alpha value is -1.04. The Morgan fingerprint density at radius 3 is 2.50 bits per heavy atom. The summed E-state index contributed by atoms with van der Waals surface area (Å²) in [4.78, 5) is 11.7. The van der Waals surface area contributed by atoms with Crippen LogP contribution in [0.1, 0.15) is 11.7 Å². The maximum atomic E-state index is 10.7. The summed E-state index contributed by atoms with van der Waals surface area (Å²) in [5.74, 6) is -0.737. The minimum absolute atomic E-state index is 0.512. The van der Waals surface area contributed by atoms with Crippen molar-refractivity contribution in [3.63, 3.8) is 0 Å². The minimum atomic E-state index is -1.22. The zero-order valence-corrected chi connectivity index (χ0v) is 8.54. The second kappa shape index (κ2) is 4.99. The third-order valence-electron chi connectivity index (χ3n) is 1.69. The molecule has 0 radical (unpaired) electrons. The number of benzene rings is 1. The molecule has 1 amide bonds. The molecule has 0 spiro atoms. The highest BCUT2D eigenvalue weighted by molar-refractivity contribution is 7.97. The molecule has 0 saturated carbocycles. The summed E-state index contributed by atoms with van der Waals surface area (Å²) in [6.45, 7) is 0. The lowest BCUT2D eigenvalue weighted by atomic mass is 10.1. The number of nitrogens with one attached hydrogen (secondary N) is 1. The van der Waals surface area contributed by atoms with Gasteiger partial charge in [-0.25, -0.2) is 0 Å². The van der Waals surface area contributed by atoms with Crippen molar-refractivity contribution in [1.82, 2.24) is 4.72 Å². The van der Waals surface area contributed by atoms with Gasteiger partial charge in [-0.2, -0.15) is 0 Å². The van der Waals surface area contributed by atoms with Crippen LogP contribution in [0.15, 0.2) is 29.2 Å². The molecule has 1 rings (SSSR count). The molecule has 1 aromatic carbocycles. The molecule has 0 aromatic heterocycles. The fourth-order valence-electron chi connectivity index (χ4n) is 1.00. The molecule has 4 N–H and O–H groups in total. The highest BCUT2D eigenvalue weighted by Gasteiger charge is 2.12. The van der Waals surface area contributed by atoms with Crippen LogP contribution in [0.3, 0.4) is 0 Å². The molecule has 0 heterocycles. The number of hydrogen-bond donors (Lipinski definition) is 3. The number of aliphatic hydroxyl groups is 1. The van der Waals surface area contributed by atoms with E-state index in [9.17, 15) is 9.90 Å². The summed E-state index contributed by atoms with van der Waals surface area (Å²) in [7, 11) is 1.82. The lowest BCUT2D eigenvalue weighted by molar-refractivity contribution is -0.126. The summed E-state index contributed by atoms with van der Waals surface area (Å²) in [6, 6.07) is 6.97. The monoisotopic (exact) mass is 212 g/mol. The number of carbonyl (C=O) groups is 1. The molecule has 14 heavy (non-hydrogen) atoms. The smallest absolute Gasteiger partial charge is 0.250 e. The quantitative estimate of drug-likeness (QED) is 0.633. The van der Waals surface area contributed by atoms with Gasteiger partial charge in [-0.15, -0.1) is 0 Å². The van der Waals surface area contributed by atoms with Gasteiger partial charge in [0, 0.05) is 4.90 Å². The topological polar surface area (TPSA) is 75.3 Å². The molecular formula is C9H12N2O2S. The van der Waals surface area contributed by atoms with Gasteiger partial charge in [0.25, 0.3) is 5.91 Å². The van der Waals surface area contributed by atoms with Crippen LogP contribution in [0.4, 0.5) is 0 Å². The highest BCUT2D eigenvalue weighted by atomic mass is 32.2. The van der Waals surface area contributed by atoms with Gasteiger partial charge in [0.15, 0.2) is 6.10 Å². The molecule has 1 atom stereocenters. The Bertz CT molecular complexity index is 313. The first-order valence-electron chi connectivity index (χ1n) is 4.06. The van der Waals surface area contributed by atoms with Gasteiger partial charge >= 0.3 is 0 Å². The standard InChI is InChI=1S/C9H12N2O2S/c1-11-14-7-4-2-6(3-5-7)8(12)9(10)13/h2-5,8,11-12H,1H3,(H2,10,13). The van der Waals surface area contributed by atoms with E-state index in [1.807, 2.05) is 19.2 Å². The van der Waals surface area contributed by atoms with Crippen molar-refractivity contribution in [3.8, 4) is 0 Å². The number of aliphatic hydroxyl groups excluding tert-OH is 1. The van der Waals surface area contributed by atoms with Crippen LogP contribution < -0.4 is 10.5 Å². The number of carbonyl (C=O) groups excluding carboxylic acids is 1. The fraction of sp³-hybridized carbons (Fsp3) is 0.222. The SMILES string of the molecule is CNSc1ccc(C(O)C(N)=O)cc1. The average Bonchev–Trinajstić information content (AvgIpc) is 2.18. The van der Waals surface area contributed by atoms with E-state index in [1.54, 1.807) is 12.1 Å². The normalized spacial score (nSPS) is 12.4. The maximum Gasteiger partial charge on any atom is 0.250 e. The van der Waals surface area contributed by atoms with Crippen molar-refractivity contribution in [2.45, 2.75) is 11.0 Å². The Morgan fingerprint density at radius 1 is 1.50 bits per heavy atom. The van der Waals surface area contributed by atoms with Crippen molar-refractivity contribution in [2.24, 2.45) is 5.73 Å². The molecule has 0 aliphatic rings. The van der Waals surface area contributed by atoms with E-state index in [0.29, 0.717) is 5.56 Å². The van der Waals surface area contributed by atoms with E-state index in [-0.39, 0.29) is 0 Å². The van der Waals surface area contributed by atoms with Crippen LogP contribution in [0, 0.1) is 0 Å². The lowest BCUT2D eigenvalue weighted by Crippen LogP contribution is -2.20. The number of amides is 1. The molecule has 0 saturated heterocycles. The predicted octanol–water partition coefficient (Wildman–Crippen LogP) is 0.432. The van der Waals surface area contributed by atoms with Crippen LogP contribution in [0.5, 0.6) is 0 Å². The zero-order chi connectivity index (χ0) is 10.6. The second-order valence-corrected chi connectivity index (χ2v) is 3.76. The minimum Gasteiger partial charge on any atom is -0.378 e. The van der Waals surface area contributed by atoms with E-state index in [1.165, 1.54) is 11.9 Å². The van der Waals surface area contributed by atoms with Gasteiger partial charge in [-0.1, -0.05) is 12.1 Å². The second-order valence-electron chi connectivity index (χ2n) is 2.68. The van der Waals surface area contributed by atoms with Gasteiger partial charge < -0.3 is 10.8 Å². The summed E-state index contributed by atoms with van der Waals surface area (Å²) in [5.41, 5.74) is 5.47. The molecule has 76 valence electrons. The van der Waals surface area contributed by atoms with Gasteiger partial charge in [0.2, 0.25) is 0 Å². The van der Waals surface area contributed by atoms with E-state index in [0.717, 1.165) is 4.90 Å². The molecule has 1 aromatic rings. The average molecular weight is 212 g/mol. The number of nitrogens with two attached hydrogens (primary N) is 1. The van der Waals surface area contributed by atoms with Crippen LogP contribution in [0.25, 0.3) is 0 Å². The third kappa shape index (κ3) is 2.73. The molecule has 5 heteroatoms. The Kier molecular flexibility index (Phi) is 3.94. The van der Waals surface area contributed by atoms with E-state index in [4.69, 9.17) is 5.73 Å². The summed E-state index contributed by atoms with van der Waals surface area (Å²) < 4.78 is 2.92. The molecule has 0 aliphatic carbocycles. The summed E-state index contributed by atoms with van der Waals surface area (Å²) in [6.07, 6.45) is -1.22. The zero-order valence-electron chi connectivity index (χ0n) is 7.73. The molecule has 0 bridgehead atoms. The Balaban J connectivity index is 2.77. The van der Waals surface area contributed by atoms with Crippen LogP contribution >= 0.6 is 11.9 Å². The van der Waals surface area contributed by atoms with Gasteiger partial charge in [0.1, 0.15) is 0 Å². The van der Waals surface area contributed by atoms with Crippen molar-refractivity contribution < 1.29 is 9.90 Å². The van der Waals surface area contributed by atoms with E-state index < -0.39 is 12.0 Å². The molecule has 1 unspecified atom stereocenters. The van der Waals surface area contributed by atoms with Crippen LogP contribution in [-0.4, -0.2) is 18.1 Å². The maximum absolute atomic E-state index is 10.7. The van der Waals surface area contributed by atoms with Crippen LogP contribution in [-0.2, 0) is 4.79 Å². The van der Waals surface area contributed by atoms with Crippen molar-refractivity contribution >= 4 is 17.9 Å². The number of primary amides is 1. The highest BCUT2D eigenvalue weighted by Crippen LogP contribution is 2.18.